The second kappa shape index (κ2) is 3.87. The molecule has 74 valence electrons. The van der Waals surface area contributed by atoms with Gasteiger partial charge in [-0.3, -0.25) is 4.79 Å². The van der Waals surface area contributed by atoms with Crippen molar-refractivity contribution in [2.45, 2.75) is 0 Å². The zero-order valence-corrected chi connectivity index (χ0v) is 7.41. The Kier molecular flexibility index (Phi) is 2.81. The van der Waals surface area contributed by atoms with Crippen molar-refractivity contribution in [3.05, 3.63) is 35.1 Å². The number of halogens is 1. The Balaban J connectivity index is 3.28. The van der Waals surface area contributed by atoms with Gasteiger partial charge < -0.3 is 10.5 Å². The normalized spacial score (nSPS) is 9.57. The van der Waals surface area contributed by atoms with Crippen LogP contribution in [0, 0.1) is 5.82 Å². The third kappa shape index (κ3) is 1.87. The van der Waals surface area contributed by atoms with Crippen molar-refractivity contribution in [2.75, 3.05) is 7.11 Å². The summed E-state index contributed by atoms with van der Waals surface area (Å²) < 4.78 is 17.1. The highest BCUT2D eigenvalue weighted by atomic mass is 19.1. The second-order valence-electron chi connectivity index (χ2n) is 2.55. The average molecular weight is 197 g/mol. The monoisotopic (exact) mass is 197 g/mol. The molecule has 5 heteroatoms. The lowest BCUT2D eigenvalue weighted by molar-refractivity contribution is 0.0597. The summed E-state index contributed by atoms with van der Waals surface area (Å²) in [6.45, 7) is 0. The van der Waals surface area contributed by atoms with Crippen molar-refractivity contribution in [3.8, 4) is 0 Å². The van der Waals surface area contributed by atoms with Crippen LogP contribution in [0.25, 0.3) is 0 Å². The van der Waals surface area contributed by atoms with Gasteiger partial charge in [-0.1, -0.05) is 0 Å². The number of benzene rings is 1. The van der Waals surface area contributed by atoms with Crippen LogP contribution in [0.1, 0.15) is 20.7 Å². The third-order valence-electron chi connectivity index (χ3n) is 1.65. The van der Waals surface area contributed by atoms with Gasteiger partial charge in [-0.25, -0.2) is 9.18 Å². The number of carbonyl (C=O) groups is 2. The van der Waals surface area contributed by atoms with Crippen molar-refractivity contribution in [3.63, 3.8) is 0 Å². The standard InChI is InChI=1S/C9H8FNO3/c1-14-9(13)6-3-2-5(10)4-7(6)8(11)12/h2-4H,1H3,(H2,11,12). The zero-order valence-electron chi connectivity index (χ0n) is 7.41. The first-order valence-electron chi connectivity index (χ1n) is 3.74. The molecule has 0 saturated carbocycles. The van der Waals surface area contributed by atoms with Crippen LogP contribution in [-0.2, 0) is 4.74 Å². The average Bonchev–Trinajstić information content (AvgIpc) is 2.16. The molecule has 0 unspecified atom stereocenters. The van der Waals surface area contributed by atoms with Crippen LogP contribution in [0.4, 0.5) is 4.39 Å². The number of hydrogen-bond donors (Lipinski definition) is 1. The van der Waals surface area contributed by atoms with Gasteiger partial charge in [-0.2, -0.15) is 0 Å². The molecule has 0 bridgehead atoms. The fourth-order valence-electron chi connectivity index (χ4n) is 1.01. The summed E-state index contributed by atoms with van der Waals surface area (Å²) >= 11 is 0. The van der Waals surface area contributed by atoms with E-state index in [9.17, 15) is 14.0 Å². The molecule has 1 aromatic rings. The summed E-state index contributed by atoms with van der Waals surface area (Å²) in [5.41, 5.74) is 4.74. The van der Waals surface area contributed by atoms with Crippen LogP contribution in [0.5, 0.6) is 0 Å². The summed E-state index contributed by atoms with van der Waals surface area (Å²) in [5.74, 6) is -2.23. The van der Waals surface area contributed by atoms with E-state index in [1.54, 1.807) is 0 Å². The second-order valence-corrected chi connectivity index (χ2v) is 2.55. The molecule has 0 saturated heterocycles. The van der Waals surface area contributed by atoms with Crippen LogP contribution >= 0.6 is 0 Å². The van der Waals surface area contributed by atoms with Gasteiger partial charge in [-0.15, -0.1) is 0 Å². The Morgan fingerprint density at radius 3 is 2.50 bits per heavy atom. The van der Waals surface area contributed by atoms with E-state index in [2.05, 4.69) is 4.74 Å². The van der Waals surface area contributed by atoms with E-state index in [1.165, 1.54) is 0 Å². The van der Waals surface area contributed by atoms with Crippen molar-refractivity contribution < 1.29 is 18.7 Å². The molecule has 0 atom stereocenters. The van der Waals surface area contributed by atoms with E-state index >= 15 is 0 Å². The Morgan fingerprint density at radius 1 is 1.36 bits per heavy atom. The molecule has 4 nitrogen and oxygen atoms in total. The summed E-state index contributed by atoms with van der Waals surface area (Å²) in [7, 11) is 1.16. The van der Waals surface area contributed by atoms with Gasteiger partial charge in [0.25, 0.3) is 0 Å². The summed E-state index contributed by atoms with van der Waals surface area (Å²) in [4.78, 5) is 21.9. The Morgan fingerprint density at radius 2 is 2.00 bits per heavy atom. The predicted octanol–water partition coefficient (Wildman–Crippen LogP) is 0.711. The molecule has 14 heavy (non-hydrogen) atoms. The number of primary amides is 1. The molecule has 1 aromatic carbocycles. The fourth-order valence-corrected chi connectivity index (χ4v) is 1.01. The first-order chi connectivity index (χ1) is 6.56. The minimum atomic E-state index is -0.870. The first-order valence-corrected chi connectivity index (χ1v) is 3.74. The largest absolute Gasteiger partial charge is 0.465 e. The molecule has 0 spiro atoms. The quantitative estimate of drug-likeness (QED) is 0.710. The molecule has 1 amide bonds. The summed E-state index contributed by atoms with van der Waals surface area (Å²) in [6.07, 6.45) is 0. The number of nitrogens with two attached hydrogens (primary N) is 1. The van der Waals surface area contributed by atoms with Crippen LogP contribution in [0.2, 0.25) is 0 Å². The first kappa shape index (κ1) is 10.2. The lowest BCUT2D eigenvalue weighted by atomic mass is 10.1. The molecule has 0 aromatic heterocycles. The molecule has 2 N–H and O–H groups in total. The lowest BCUT2D eigenvalue weighted by Crippen LogP contribution is -2.17. The maximum Gasteiger partial charge on any atom is 0.338 e. The van der Waals surface area contributed by atoms with Crippen molar-refractivity contribution in [2.24, 2.45) is 5.73 Å². The minimum Gasteiger partial charge on any atom is -0.465 e. The topological polar surface area (TPSA) is 69.4 Å². The SMILES string of the molecule is COC(=O)c1ccc(F)cc1C(N)=O. The maximum absolute atomic E-state index is 12.7. The van der Waals surface area contributed by atoms with Crippen LogP contribution in [-0.4, -0.2) is 19.0 Å². The number of esters is 1. The Bertz CT molecular complexity index is 390. The molecule has 0 radical (unpaired) electrons. The molecular formula is C9H8FNO3. The van der Waals surface area contributed by atoms with Crippen molar-refractivity contribution in [1.82, 2.24) is 0 Å². The highest BCUT2D eigenvalue weighted by Crippen LogP contribution is 2.11. The van der Waals surface area contributed by atoms with Gasteiger partial charge in [0.2, 0.25) is 5.91 Å². The van der Waals surface area contributed by atoms with Gasteiger partial charge in [0, 0.05) is 0 Å². The van der Waals surface area contributed by atoms with Gasteiger partial charge in [0.05, 0.1) is 18.2 Å². The Hall–Kier alpha value is -1.91. The molecular weight excluding hydrogens is 189 g/mol. The molecule has 1 rings (SSSR count). The van der Waals surface area contributed by atoms with E-state index in [4.69, 9.17) is 5.73 Å². The number of ether oxygens (including phenoxy) is 1. The van der Waals surface area contributed by atoms with E-state index < -0.39 is 17.7 Å². The Labute approximate surface area is 79.5 Å². The molecule has 0 aliphatic carbocycles. The zero-order chi connectivity index (χ0) is 10.7. The number of carbonyl (C=O) groups excluding carboxylic acids is 2. The lowest BCUT2D eigenvalue weighted by Gasteiger charge is -2.03. The van der Waals surface area contributed by atoms with Gasteiger partial charge in [-0.05, 0) is 18.2 Å². The van der Waals surface area contributed by atoms with E-state index in [0.717, 1.165) is 25.3 Å². The smallest absolute Gasteiger partial charge is 0.338 e. The fraction of sp³-hybridized carbons (Fsp3) is 0.111. The van der Waals surface area contributed by atoms with E-state index in [-0.39, 0.29) is 11.1 Å². The number of methoxy groups -OCH3 is 1. The minimum absolute atomic E-state index is 0.0404. The predicted molar refractivity (Wildman–Crippen MR) is 46.3 cm³/mol. The van der Waals surface area contributed by atoms with E-state index in [1.807, 2.05) is 0 Å². The third-order valence-corrected chi connectivity index (χ3v) is 1.65. The molecule has 0 fully saturated rings. The number of hydrogen-bond acceptors (Lipinski definition) is 3. The summed E-state index contributed by atoms with van der Waals surface area (Å²) in [6, 6.07) is 3.11. The van der Waals surface area contributed by atoms with Gasteiger partial charge >= 0.3 is 5.97 Å². The maximum atomic E-state index is 12.7. The number of rotatable bonds is 2. The van der Waals surface area contributed by atoms with Crippen LogP contribution in [0.15, 0.2) is 18.2 Å². The van der Waals surface area contributed by atoms with Crippen LogP contribution in [0.3, 0.4) is 0 Å². The van der Waals surface area contributed by atoms with Crippen molar-refractivity contribution in [1.29, 1.82) is 0 Å². The van der Waals surface area contributed by atoms with Crippen molar-refractivity contribution >= 4 is 11.9 Å². The molecule has 0 heterocycles. The van der Waals surface area contributed by atoms with Crippen LogP contribution < -0.4 is 5.73 Å². The molecule has 0 aliphatic heterocycles. The van der Waals surface area contributed by atoms with Gasteiger partial charge in [0.15, 0.2) is 0 Å². The van der Waals surface area contributed by atoms with Gasteiger partial charge in [0.1, 0.15) is 5.82 Å². The van der Waals surface area contributed by atoms with E-state index in [0.29, 0.717) is 0 Å². The highest BCUT2D eigenvalue weighted by molar-refractivity contribution is 6.04. The summed E-state index contributed by atoms with van der Waals surface area (Å²) in [5, 5.41) is 0. The number of amides is 1. The molecule has 0 aliphatic rings. The highest BCUT2D eigenvalue weighted by Gasteiger charge is 2.15.